The van der Waals surface area contributed by atoms with Crippen molar-refractivity contribution in [2.75, 3.05) is 10.6 Å². The number of urea groups is 1. The first kappa shape index (κ1) is 23.0. The third-order valence-corrected chi connectivity index (χ3v) is 5.20. The SMILES string of the molecule is Cc1cc(C)n(-c2cc(Oc3ccc(NC(=O)Nc4ccc(C(C)(C)C)cc4)cc3)ncn2)n1. The van der Waals surface area contributed by atoms with Crippen LogP contribution in [0.1, 0.15) is 37.7 Å². The van der Waals surface area contributed by atoms with E-state index in [4.69, 9.17) is 4.74 Å². The van der Waals surface area contributed by atoms with E-state index in [-0.39, 0.29) is 11.4 Å². The van der Waals surface area contributed by atoms with Gasteiger partial charge in [-0.05, 0) is 67.3 Å². The number of nitrogens with one attached hydrogen (secondary N) is 2. The van der Waals surface area contributed by atoms with Crippen LogP contribution in [0.15, 0.2) is 67.0 Å². The average Bonchev–Trinajstić information content (AvgIpc) is 3.13. The third-order valence-electron chi connectivity index (χ3n) is 5.20. The Kier molecular flexibility index (Phi) is 6.32. The van der Waals surface area contributed by atoms with Gasteiger partial charge in [-0.3, -0.25) is 0 Å². The minimum absolute atomic E-state index is 0.0646. The van der Waals surface area contributed by atoms with Crippen molar-refractivity contribution in [3.63, 3.8) is 0 Å². The lowest BCUT2D eigenvalue weighted by atomic mass is 9.87. The minimum atomic E-state index is -0.317. The summed E-state index contributed by atoms with van der Waals surface area (Å²) in [5, 5.41) is 10.1. The summed E-state index contributed by atoms with van der Waals surface area (Å²) in [4.78, 5) is 20.8. The van der Waals surface area contributed by atoms with Gasteiger partial charge in [0.1, 0.15) is 12.1 Å². The van der Waals surface area contributed by atoms with Crippen LogP contribution in [-0.4, -0.2) is 25.8 Å². The van der Waals surface area contributed by atoms with Crippen LogP contribution in [0.5, 0.6) is 11.6 Å². The van der Waals surface area contributed by atoms with Crippen LogP contribution in [0.25, 0.3) is 5.82 Å². The molecule has 0 spiro atoms. The quantitative estimate of drug-likeness (QED) is 0.383. The van der Waals surface area contributed by atoms with Crippen molar-refractivity contribution < 1.29 is 9.53 Å². The molecule has 0 unspecified atom stereocenters. The molecule has 2 amide bonds. The summed E-state index contributed by atoms with van der Waals surface area (Å²) >= 11 is 0. The zero-order valence-electron chi connectivity index (χ0n) is 20.0. The summed E-state index contributed by atoms with van der Waals surface area (Å²) in [6.07, 6.45) is 1.44. The van der Waals surface area contributed by atoms with Gasteiger partial charge in [-0.1, -0.05) is 32.9 Å². The standard InChI is InChI=1S/C26H28N6O2/c1-17-14-18(2)32(31-17)23-15-24(28-16-27-23)34-22-12-10-21(11-13-22)30-25(33)29-20-8-6-19(7-9-20)26(3,4)5/h6-16H,1-5H3,(H2,29,30,33). The molecule has 2 aromatic carbocycles. The highest BCUT2D eigenvalue weighted by Crippen LogP contribution is 2.25. The Labute approximate surface area is 199 Å². The van der Waals surface area contributed by atoms with Crippen molar-refractivity contribution in [3.05, 3.63) is 83.9 Å². The number of carbonyl (C=O) groups excluding carboxylic acids is 1. The van der Waals surface area contributed by atoms with Crippen LogP contribution >= 0.6 is 0 Å². The van der Waals surface area contributed by atoms with Crippen molar-refractivity contribution in [2.24, 2.45) is 0 Å². The summed E-state index contributed by atoms with van der Waals surface area (Å²) in [7, 11) is 0. The fourth-order valence-corrected chi connectivity index (χ4v) is 3.44. The van der Waals surface area contributed by atoms with Gasteiger partial charge in [-0.2, -0.15) is 5.10 Å². The molecule has 2 aromatic heterocycles. The van der Waals surface area contributed by atoms with Crippen molar-refractivity contribution in [2.45, 2.75) is 40.0 Å². The van der Waals surface area contributed by atoms with Crippen LogP contribution in [0, 0.1) is 13.8 Å². The number of carbonyl (C=O) groups is 1. The average molecular weight is 457 g/mol. The van der Waals surface area contributed by atoms with Gasteiger partial charge in [0.25, 0.3) is 0 Å². The van der Waals surface area contributed by atoms with E-state index in [1.807, 2.05) is 44.2 Å². The number of hydrogen-bond donors (Lipinski definition) is 2. The molecule has 8 nitrogen and oxygen atoms in total. The van der Waals surface area contributed by atoms with E-state index < -0.39 is 0 Å². The molecule has 2 N–H and O–H groups in total. The first-order valence-corrected chi connectivity index (χ1v) is 11.0. The molecule has 0 aliphatic carbocycles. The van der Waals surface area contributed by atoms with Crippen LogP contribution in [0.3, 0.4) is 0 Å². The lowest BCUT2D eigenvalue weighted by Crippen LogP contribution is -2.19. The predicted octanol–water partition coefficient (Wildman–Crippen LogP) is 6.01. The number of aryl methyl sites for hydroxylation is 2. The minimum Gasteiger partial charge on any atom is -0.439 e. The Bertz CT molecular complexity index is 1290. The van der Waals surface area contributed by atoms with Gasteiger partial charge in [0.2, 0.25) is 5.88 Å². The monoisotopic (exact) mass is 456 g/mol. The maximum atomic E-state index is 12.4. The smallest absolute Gasteiger partial charge is 0.323 e. The molecule has 0 fully saturated rings. The molecule has 0 aliphatic heterocycles. The molecule has 0 bridgehead atoms. The zero-order valence-corrected chi connectivity index (χ0v) is 20.0. The van der Waals surface area contributed by atoms with Gasteiger partial charge in [-0.15, -0.1) is 0 Å². The van der Waals surface area contributed by atoms with Crippen LogP contribution in [0.2, 0.25) is 0 Å². The van der Waals surface area contributed by atoms with E-state index in [2.05, 4.69) is 46.5 Å². The van der Waals surface area contributed by atoms with Crippen molar-refractivity contribution in [1.82, 2.24) is 19.7 Å². The summed E-state index contributed by atoms with van der Waals surface area (Å²) in [5.41, 5.74) is 4.53. The number of benzene rings is 2. The predicted molar refractivity (Wildman–Crippen MR) is 133 cm³/mol. The van der Waals surface area contributed by atoms with E-state index in [9.17, 15) is 4.79 Å². The highest BCUT2D eigenvalue weighted by Gasteiger charge is 2.13. The van der Waals surface area contributed by atoms with Gasteiger partial charge in [-0.25, -0.2) is 19.4 Å². The molecule has 34 heavy (non-hydrogen) atoms. The maximum absolute atomic E-state index is 12.4. The first-order chi connectivity index (χ1) is 16.2. The van der Waals surface area contributed by atoms with Gasteiger partial charge >= 0.3 is 6.03 Å². The Morgan fingerprint density at radius 3 is 2.06 bits per heavy atom. The normalized spacial score (nSPS) is 11.2. The van der Waals surface area contributed by atoms with Crippen molar-refractivity contribution in [3.8, 4) is 17.4 Å². The number of rotatable bonds is 5. The summed E-state index contributed by atoms with van der Waals surface area (Å²) < 4.78 is 7.60. The van der Waals surface area contributed by atoms with E-state index in [1.165, 1.54) is 11.9 Å². The highest BCUT2D eigenvalue weighted by molar-refractivity contribution is 5.99. The molecule has 174 valence electrons. The van der Waals surface area contributed by atoms with Gasteiger partial charge in [0, 0.05) is 23.1 Å². The zero-order chi connectivity index (χ0) is 24.3. The van der Waals surface area contributed by atoms with E-state index >= 15 is 0 Å². The topological polar surface area (TPSA) is 94.0 Å². The largest absolute Gasteiger partial charge is 0.439 e. The fraction of sp³-hybridized carbons (Fsp3) is 0.231. The van der Waals surface area contributed by atoms with E-state index in [0.717, 1.165) is 17.1 Å². The summed E-state index contributed by atoms with van der Waals surface area (Å²) in [5.74, 6) is 1.61. The van der Waals surface area contributed by atoms with Crippen molar-refractivity contribution in [1.29, 1.82) is 0 Å². The Hall–Kier alpha value is -4.20. The van der Waals surface area contributed by atoms with E-state index in [1.54, 1.807) is 35.0 Å². The molecule has 2 heterocycles. The maximum Gasteiger partial charge on any atom is 0.323 e. The number of anilines is 2. The highest BCUT2D eigenvalue weighted by atomic mass is 16.5. The number of amides is 2. The molecule has 4 aromatic rings. The lowest BCUT2D eigenvalue weighted by molar-refractivity contribution is 0.262. The Morgan fingerprint density at radius 1 is 0.882 bits per heavy atom. The van der Waals surface area contributed by atoms with Crippen LogP contribution in [0.4, 0.5) is 16.2 Å². The Morgan fingerprint density at radius 2 is 1.50 bits per heavy atom. The molecular weight excluding hydrogens is 428 g/mol. The first-order valence-electron chi connectivity index (χ1n) is 11.0. The molecular formula is C26H28N6O2. The van der Waals surface area contributed by atoms with Gasteiger partial charge < -0.3 is 15.4 Å². The fourth-order valence-electron chi connectivity index (χ4n) is 3.44. The number of hydrogen-bond acceptors (Lipinski definition) is 5. The second kappa shape index (κ2) is 9.35. The Balaban J connectivity index is 1.36. The number of ether oxygens (including phenoxy) is 1. The number of aromatic nitrogens is 4. The molecule has 0 radical (unpaired) electrons. The molecule has 0 saturated carbocycles. The molecule has 0 saturated heterocycles. The molecule has 8 heteroatoms. The molecule has 4 rings (SSSR count). The lowest BCUT2D eigenvalue weighted by Gasteiger charge is -2.19. The third kappa shape index (κ3) is 5.58. The second-order valence-electron chi connectivity index (χ2n) is 9.09. The second-order valence-corrected chi connectivity index (χ2v) is 9.09. The number of nitrogens with zero attached hydrogens (tertiary/aromatic N) is 4. The van der Waals surface area contributed by atoms with E-state index in [0.29, 0.717) is 23.1 Å². The van der Waals surface area contributed by atoms with Crippen LogP contribution < -0.4 is 15.4 Å². The van der Waals surface area contributed by atoms with Crippen LogP contribution in [-0.2, 0) is 5.41 Å². The summed E-state index contributed by atoms with van der Waals surface area (Å²) in [6.45, 7) is 10.4. The molecule has 0 atom stereocenters. The van der Waals surface area contributed by atoms with Gasteiger partial charge in [0.15, 0.2) is 5.82 Å². The van der Waals surface area contributed by atoms with Gasteiger partial charge in [0.05, 0.1) is 5.69 Å². The molecule has 0 aliphatic rings. The van der Waals surface area contributed by atoms with Crippen molar-refractivity contribution >= 4 is 17.4 Å². The summed E-state index contributed by atoms with van der Waals surface area (Å²) in [6, 6.07) is 18.3.